The minimum Gasteiger partial charge on any atom is -0.475 e. The number of imidazole rings is 1. The molecule has 0 atom stereocenters. The number of carboxylic acid groups (broad SMARTS) is 3. The first-order valence-corrected chi connectivity index (χ1v) is 11.7. The van der Waals surface area contributed by atoms with E-state index in [2.05, 4.69) is 51.3 Å². The van der Waals surface area contributed by atoms with Crippen molar-refractivity contribution in [3.63, 3.8) is 0 Å². The predicted molar refractivity (Wildman–Crippen MR) is 128 cm³/mol. The average molecular weight is 641 g/mol. The summed E-state index contributed by atoms with van der Waals surface area (Å²) in [7, 11) is 2.17. The highest BCUT2D eigenvalue weighted by Crippen LogP contribution is 2.18. The van der Waals surface area contributed by atoms with Gasteiger partial charge in [-0.3, -0.25) is 14.8 Å². The summed E-state index contributed by atoms with van der Waals surface area (Å²) in [5.41, 5.74) is 2.59. The number of rotatable bonds is 5. The van der Waals surface area contributed by atoms with Gasteiger partial charge in [0.2, 0.25) is 0 Å². The van der Waals surface area contributed by atoms with E-state index in [0.29, 0.717) is 6.04 Å². The van der Waals surface area contributed by atoms with Crippen LogP contribution < -0.4 is 0 Å². The van der Waals surface area contributed by atoms with Gasteiger partial charge in [-0.1, -0.05) is 6.07 Å². The van der Waals surface area contributed by atoms with Gasteiger partial charge >= 0.3 is 36.4 Å². The molecule has 3 rings (SSSR count). The monoisotopic (exact) mass is 641 g/mol. The molecule has 244 valence electrons. The molecule has 0 bridgehead atoms. The van der Waals surface area contributed by atoms with E-state index in [-0.39, 0.29) is 0 Å². The van der Waals surface area contributed by atoms with Crippen LogP contribution in [0.2, 0.25) is 0 Å². The summed E-state index contributed by atoms with van der Waals surface area (Å²) in [5.74, 6) is -7.09. The Balaban J connectivity index is 0.000000690. The molecular weight excluding hydrogens is 613 g/mol. The summed E-state index contributed by atoms with van der Waals surface area (Å²) in [6.45, 7) is 9.37. The summed E-state index contributed by atoms with van der Waals surface area (Å²) >= 11 is 0. The average Bonchev–Trinajstić information content (AvgIpc) is 3.25. The molecule has 1 aliphatic heterocycles. The molecule has 20 heteroatoms. The molecule has 0 radical (unpaired) electrons. The Labute approximate surface area is 238 Å². The van der Waals surface area contributed by atoms with Gasteiger partial charge in [-0.25, -0.2) is 19.4 Å². The van der Waals surface area contributed by atoms with Gasteiger partial charge in [-0.05, 0) is 32.5 Å². The van der Waals surface area contributed by atoms with Crippen molar-refractivity contribution in [2.24, 2.45) is 0 Å². The summed E-state index contributed by atoms with van der Waals surface area (Å²) in [6.07, 6.45) is -9.43. The number of aromatic nitrogens is 3. The summed E-state index contributed by atoms with van der Waals surface area (Å²) in [5, 5.41) is 21.4. The molecular formula is C23H28F9N5O6. The number of halogens is 9. The molecule has 3 heterocycles. The van der Waals surface area contributed by atoms with Crippen LogP contribution >= 0.6 is 0 Å². The quantitative estimate of drug-likeness (QED) is 0.409. The number of fused-ring (bicyclic) bond motifs is 1. The predicted octanol–water partition coefficient (Wildman–Crippen LogP) is 4.03. The molecule has 0 aromatic carbocycles. The number of hydrogen-bond acceptors (Lipinski definition) is 7. The molecule has 43 heavy (non-hydrogen) atoms. The third-order valence-corrected chi connectivity index (χ3v) is 5.18. The maximum atomic E-state index is 10.6. The van der Waals surface area contributed by atoms with Crippen molar-refractivity contribution in [1.82, 2.24) is 24.3 Å². The highest BCUT2D eigenvalue weighted by molar-refractivity contribution is 5.73. The molecule has 0 saturated carbocycles. The van der Waals surface area contributed by atoms with E-state index >= 15 is 0 Å². The molecule has 0 spiro atoms. The number of nitrogens with zero attached hydrogens (tertiary/aromatic N) is 5. The van der Waals surface area contributed by atoms with E-state index in [1.54, 1.807) is 0 Å². The Hall–Kier alpha value is -3.94. The number of pyridine rings is 1. The molecule has 0 saturated heterocycles. The lowest BCUT2D eigenvalue weighted by molar-refractivity contribution is -0.193. The Morgan fingerprint density at radius 2 is 1.35 bits per heavy atom. The van der Waals surface area contributed by atoms with Gasteiger partial charge in [0.05, 0.1) is 12.2 Å². The van der Waals surface area contributed by atoms with E-state index in [0.717, 1.165) is 32.7 Å². The van der Waals surface area contributed by atoms with E-state index in [1.165, 1.54) is 17.1 Å². The minimum atomic E-state index is -5.08. The van der Waals surface area contributed by atoms with Crippen molar-refractivity contribution >= 4 is 17.9 Å². The smallest absolute Gasteiger partial charge is 0.475 e. The van der Waals surface area contributed by atoms with Gasteiger partial charge in [0.1, 0.15) is 5.82 Å². The van der Waals surface area contributed by atoms with Crippen molar-refractivity contribution in [1.29, 1.82) is 0 Å². The Morgan fingerprint density at radius 3 is 1.72 bits per heavy atom. The molecule has 0 fully saturated rings. The lowest BCUT2D eigenvalue weighted by Gasteiger charge is -2.29. The maximum Gasteiger partial charge on any atom is 0.490 e. The second-order valence-electron chi connectivity index (χ2n) is 8.81. The SMILES string of the molecule is CC(C)N(C)Cc1cnc2n1CCN(Cc1cccnc1)C2.O=C(O)C(F)(F)F.O=C(O)C(F)(F)F.O=C(O)C(F)(F)F. The van der Waals surface area contributed by atoms with Crippen LogP contribution in [0.3, 0.4) is 0 Å². The molecule has 0 aliphatic carbocycles. The topological polar surface area (TPSA) is 149 Å². The van der Waals surface area contributed by atoms with Crippen LogP contribution in [-0.4, -0.2) is 95.7 Å². The van der Waals surface area contributed by atoms with Gasteiger partial charge in [0.15, 0.2) is 0 Å². The zero-order valence-corrected chi connectivity index (χ0v) is 22.7. The third kappa shape index (κ3) is 15.7. The highest BCUT2D eigenvalue weighted by Gasteiger charge is 2.39. The lowest BCUT2D eigenvalue weighted by atomic mass is 10.2. The Kier molecular flexibility index (Phi) is 15.1. The molecule has 3 N–H and O–H groups in total. The zero-order valence-electron chi connectivity index (χ0n) is 22.7. The van der Waals surface area contributed by atoms with E-state index < -0.39 is 36.4 Å². The fourth-order valence-electron chi connectivity index (χ4n) is 2.82. The highest BCUT2D eigenvalue weighted by atomic mass is 19.4. The first kappa shape index (κ1) is 39.1. The second kappa shape index (κ2) is 16.6. The van der Waals surface area contributed by atoms with Crippen LogP contribution in [-0.2, 0) is 40.6 Å². The molecule has 2 aromatic heterocycles. The van der Waals surface area contributed by atoms with Crippen LogP contribution in [0, 0.1) is 0 Å². The van der Waals surface area contributed by atoms with Gasteiger partial charge in [0.25, 0.3) is 0 Å². The fraction of sp³-hybridized carbons (Fsp3) is 0.522. The molecule has 2 aromatic rings. The Morgan fingerprint density at radius 1 is 0.884 bits per heavy atom. The molecule has 1 aliphatic rings. The standard InChI is InChI=1S/C17H25N5.3C2HF3O2/c1-14(2)20(3)12-16-10-19-17-13-21(7-8-22(16)17)11-15-5-4-6-18-9-15;3*3-2(4,5)1(6)7/h4-6,9-10,14H,7-8,11-13H2,1-3H3;3*(H,6,7). The van der Waals surface area contributed by atoms with Gasteiger partial charge in [0, 0.05) is 50.8 Å². The largest absolute Gasteiger partial charge is 0.490 e. The molecule has 0 amide bonds. The van der Waals surface area contributed by atoms with E-state index in [1.807, 2.05) is 24.7 Å². The first-order chi connectivity index (χ1) is 19.5. The van der Waals surface area contributed by atoms with Gasteiger partial charge < -0.3 is 19.9 Å². The second-order valence-corrected chi connectivity index (χ2v) is 8.81. The maximum absolute atomic E-state index is 10.6. The van der Waals surface area contributed by atoms with E-state index in [9.17, 15) is 39.5 Å². The van der Waals surface area contributed by atoms with Gasteiger partial charge in [-0.15, -0.1) is 0 Å². The van der Waals surface area contributed by atoms with E-state index in [4.69, 9.17) is 29.7 Å². The fourth-order valence-corrected chi connectivity index (χ4v) is 2.82. The van der Waals surface area contributed by atoms with Gasteiger partial charge in [-0.2, -0.15) is 39.5 Å². The number of aliphatic carboxylic acids is 3. The van der Waals surface area contributed by atoms with Crippen LogP contribution in [0.25, 0.3) is 0 Å². The minimum absolute atomic E-state index is 0.553. The Bertz CT molecular complexity index is 1110. The number of carbonyl (C=O) groups is 3. The van der Waals surface area contributed by atoms with Crippen LogP contribution in [0.15, 0.2) is 30.7 Å². The normalized spacial score (nSPS) is 13.4. The third-order valence-electron chi connectivity index (χ3n) is 5.18. The molecule has 0 unspecified atom stereocenters. The summed E-state index contributed by atoms with van der Waals surface area (Å²) in [4.78, 5) is 40.3. The number of alkyl halides is 9. The van der Waals surface area contributed by atoms with Crippen molar-refractivity contribution < 1.29 is 69.2 Å². The number of carboxylic acids is 3. The number of hydrogen-bond donors (Lipinski definition) is 3. The van der Waals surface area contributed by atoms with Crippen molar-refractivity contribution in [2.45, 2.75) is 64.6 Å². The summed E-state index contributed by atoms with van der Waals surface area (Å²) < 4.78 is 97.6. The van der Waals surface area contributed by atoms with Crippen molar-refractivity contribution in [3.8, 4) is 0 Å². The lowest BCUT2D eigenvalue weighted by Crippen LogP contribution is -2.35. The van der Waals surface area contributed by atoms with Crippen molar-refractivity contribution in [3.05, 3.63) is 47.8 Å². The zero-order chi connectivity index (χ0) is 33.8. The first-order valence-electron chi connectivity index (χ1n) is 11.7. The van der Waals surface area contributed by atoms with Crippen LogP contribution in [0.5, 0.6) is 0 Å². The van der Waals surface area contributed by atoms with Crippen molar-refractivity contribution in [2.75, 3.05) is 13.6 Å². The summed E-state index contributed by atoms with van der Waals surface area (Å²) in [6, 6.07) is 4.69. The van der Waals surface area contributed by atoms with Crippen LogP contribution in [0.4, 0.5) is 39.5 Å². The van der Waals surface area contributed by atoms with Crippen LogP contribution in [0.1, 0.15) is 30.9 Å². The molecule has 11 nitrogen and oxygen atoms in total.